The van der Waals surface area contributed by atoms with Crippen LogP contribution in [0.1, 0.15) is 43.5 Å². The predicted molar refractivity (Wildman–Crippen MR) is 86.3 cm³/mol. The van der Waals surface area contributed by atoms with E-state index in [4.69, 9.17) is 4.74 Å². The first-order valence-electron chi connectivity index (χ1n) is 7.84. The molecule has 0 unspecified atom stereocenters. The van der Waals surface area contributed by atoms with E-state index in [2.05, 4.69) is 5.32 Å². The lowest BCUT2D eigenvalue weighted by Crippen LogP contribution is -2.35. The summed E-state index contributed by atoms with van der Waals surface area (Å²) in [5, 5.41) is 2.69. The molecule has 0 spiro atoms. The van der Waals surface area contributed by atoms with Crippen LogP contribution in [0.25, 0.3) is 0 Å². The number of carbonyl (C=O) groups excluding carboxylic acids is 4. The van der Waals surface area contributed by atoms with E-state index in [1.165, 1.54) is 24.3 Å². The number of anilines is 1. The van der Waals surface area contributed by atoms with Crippen LogP contribution >= 0.6 is 0 Å². The Morgan fingerprint density at radius 1 is 1.17 bits per heavy atom. The molecule has 0 radical (unpaired) electrons. The van der Waals surface area contributed by atoms with Crippen molar-refractivity contribution in [2.24, 2.45) is 0 Å². The van der Waals surface area contributed by atoms with E-state index < -0.39 is 5.97 Å². The van der Waals surface area contributed by atoms with Crippen molar-refractivity contribution in [3.05, 3.63) is 29.8 Å². The first-order chi connectivity index (χ1) is 11.4. The van der Waals surface area contributed by atoms with E-state index in [0.29, 0.717) is 5.69 Å². The largest absolute Gasteiger partial charge is 0.452 e. The van der Waals surface area contributed by atoms with Gasteiger partial charge in [0.15, 0.2) is 6.61 Å². The van der Waals surface area contributed by atoms with Gasteiger partial charge in [0.25, 0.3) is 5.91 Å². The van der Waals surface area contributed by atoms with Crippen molar-refractivity contribution in [3.8, 4) is 0 Å². The van der Waals surface area contributed by atoms with Crippen molar-refractivity contribution in [1.82, 2.24) is 5.32 Å². The average molecular weight is 332 g/mol. The molecule has 3 amide bonds. The van der Waals surface area contributed by atoms with Gasteiger partial charge in [0.2, 0.25) is 11.8 Å². The Hall–Kier alpha value is -2.70. The van der Waals surface area contributed by atoms with Crippen LogP contribution in [0.2, 0.25) is 0 Å². The molecule has 0 aliphatic carbocycles. The zero-order valence-corrected chi connectivity index (χ0v) is 13.7. The molecule has 0 bridgehead atoms. The molecule has 2 rings (SSSR count). The van der Waals surface area contributed by atoms with Gasteiger partial charge in [-0.2, -0.15) is 0 Å². The van der Waals surface area contributed by atoms with Crippen LogP contribution in [-0.4, -0.2) is 36.3 Å². The highest BCUT2D eigenvalue weighted by atomic mass is 16.5. The molecule has 1 fully saturated rings. The van der Waals surface area contributed by atoms with Gasteiger partial charge in [-0.3, -0.25) is 19.3 Å². The second-order valence-corrected chi connectivity index (χ2v) is 5.62. The van der Waals surface area contributed by atoms with Crippen molar-refractivity contribution in [1.29, 1.82) is 0 Å². The topological polar surface area (TPSA) is 92.8 Å². The van der Waals surface area contributed by atoms with Crippen molar-refractivity contribution in [2.75, 3.05) is 11.5 Å². The Kier molecular flexibility index (Phi) is 5.68. The molecule has 1 aromatic carbocycles. The maximum Gasteiger partial charge on any atom is 0.338 e. The number of rotatable bonds is 6. The summed E-state index contributed by atoms with van der Waals surface area (Å²) in [4.78, 5) is 47.9. The molecule has 0 aromatic heterocycles. The molecule has 128 valence electrons. The van der Waals surface area contributed by atoms with Crippen LogP contribution in [0.3, 0.4) is 0 Å². The van der Waals surface area contributed by atoms with Gasteiger partial charge in [-0.15, -0.1) is 0 Å². The molecule has 24 heavy (non-hydrogen) atoms. The lowest BCUT2D eigenvalue weighted by molar-refractivity contribution is -0.125. The monoisotopic (exact) mass is 332 g/mol. The Balaban J connectivity index is 1.93. The van der Waals surface area contributed by atoms with E-state index in [1.54, 1.807) is 0 Å². The minimum atomic E-state index is -0.639. The molecule has 1 aliphatic rings. The van der Waals surface area contributed by atoms with E-state index in [-0.39, 0.29) is 48.8 Å². The highest BCUT2D eigenvalue weighted by Crippen LogP contribution is 2.22. The summed E-state index contributed by atoms with van der Waals surface area (Å²) >= 11 is 0. The van der Waals surface area contributed by atoms with Gasteiger partial charge in [0.05, 0.1) is 11.3 Å². The number of carbonyl (C=O) groups is 4. The molecule has 0 saturated carbocycles. The molecule has 1 aromatic rings. The molecule has 1 aliphatic heterocycles. The fourth-order valence-electron chi connectivity index (χ4n) is 2.24. The van der Waals surface area contributed by atoms with E-state index in [1.807, 2.05) is 13.8 Å². The number of amides is 3. The number of ether oxygens (including phenoxy) is 1. The quantitative estimate of drug-likeness (QED) is 0.628. The van der Waals surface area contributed by atoms with Crippen LogP contribution in [0, 0.1) is 0 Å². The minimum absolute atomic E-state index is 0.0195. The van der Waals surface area contributed by atoms with Crippen molar-refractivity contribution in [3.63, 3.8) is 0 Å². The molecule has 1 heterocycles. The van der Waals surface area contributed by atoms with Crippen LogP contribution in [0.4, 0.5) is 5.69 Å². The maximum absolute atomic E-state index is 11.9. The predicted octanol–water partition coefficient (Wildman–Crippen LogP) is 1.41. The van der Waals surface area contributed by atoms with Gasteiger partial charge in [0.1, 0.15) is 0 Å². The fourth-order valence-corrected chi connectivity index (χ4v) is 2.24. The summed E-state index contributed by atoms with van der Waals surface area (Å²) in [5.41, 5.74) is 0.669. The maximum atomic E-state index is 11.9. The number of hydrogen-bond acceptors (Lipinski definition) is 5. The Bertz CT molecular complexity index is 637. The third-order valence-corrected chi connectivity index (χ3v) is 3.77. The summed E-state index contributed by atoms with van der Waals surface area (Å²) < 4.78 is 4.94. The smallest absolute Gasteiger partial charge is 0.338 e. The molecular formula is C17H20N2O5. The van der Waals surface area contributed by atoms with Crippen LogP contribution in [0.15, 0.2) is 24.3 Å². The van der Waals surface area contributed by atoms with E-state index in [9.17, 15) is 19.2 Å². The molecule has 1 saturated heterocycles. The third kappa shape index (κ3) is 4.18. The lowest BCUT2D eigenvalue weighted by atomic mass is 10.2. The first-order valence-corrected chi connectivity index (χ1v) is 7.84. The van der Waals surface area contributed by atoms with Crippen LogP contribution in [-0.2, 0) is 19.1 Å². The molecule has 1 N–H and O–H groups in total. The van der Waals surface area contributed by atoms with Crippen LogP contribution < -0.4 is 10.2 Å². The van der Waals surface area contributed by atoms with Gasteiger partial charge >= 0.3 is 5.97 Å². The Morgan fingerprint density at radius 3 is 2.29 bits per heavy atom. The normalized spacial score (nSPS) is 15.3. The molecule has 1 atom stereocenters. The summed E-state index contributed by atoms with van der Waals surface area (Å²) in [7, 11) is 0. The van der Waals surface area contributed by atoms with Crippen molar-refractivity contribution < 1.29 is 23.9 Å². The Labute approximate surface area is 140 Å². The standard InChI is InChI=1S/C17H20N2O5/c1-3-11(2)18-14(20)10-24-17(23)12-4-6-13(7-5-12)19-15(21)8-9-16(19)22/h4-7,11H,3,8-10H2,1-2H3,(H,18,20)/t11-/m1/s1. The van der Waals surface area contributed by atoms with Gasteiger partial charge in [-0.25, -0.2) is 4.79 Å². The van der Waals surface area contributed by atoms with Crippen molar-refractivity contribution >= 4 is 29.4 Å². The van der Waals surface area contributed by atoms with E-state index in [0.717, 1.165) is 11.3 Å². The number of benzene rings is 1. The second kappa shape index (κ2) is 7.72. The number of hydrogen-bond donors (Lipinski definition) is 1. The minimum Gasteiger partial charge on any atom is -0.452 e. The lowest BCUT2D eigenvalue weighted by Gasteiger charge is -2.14. The summed E-state index contributed by atoms with van der Waals surface area (Å²) in [6.07, 6.45) is 1.19. The summed E-state index contributed by atoms with van der Waals surface area (Å²) in [5.74, 6) is -1.50. The van der Waals surface area contributed by atoms with Gasteiger partial charge < -0.3 is 10.1 Å². The number of nitrogens with zero attached hydrogens (tertiary/aromatic N) is 1. The third-order valence-electron chi connectivity index (χ3n) is 3.77. The first kappa shape index (κ1) is 17.7. The van der Waals surface area contributed by atoms with Crippen LogP contribution in [0.5, 0.6) is 0 Å². The zero-order valence-electron chi connectivity index (χ0n) is 13.7. The number of esters is 1. The zero-order chi connectivity index (χ0) is 17.7. The fraction of sp³-hybridized carbons (Fsp3) is 0.412. The molecular weight excluding hydrogens is 312 g/mol. The van der Waals surface area contributed by atoms with Gasteiger partial charge in [-0.05, 0) is 37.6 Å². The number of nitrogens with one attached hydrogen (secondary N) is 1. The van der Waals surface area contributed by atoms with E-state index >= 15 is 0 Å². The molecule has 7 heteroatoms. The van der Waals surface area contributed by atoms with Gasteiger partial charge in [0, 0.05) is 18.9 Å². The Morgan fingerprint density at radius 2 is 1.75 bits per heavy atom. The highest BCUT2D eigenvalue weighted by molar-refractivity contribution is 6.19. The average Bonchev–Trinajstić information content (AvgIpc) is 2.91. The highest BCUT2D eigenvalue weighted by Gasteiger charge is 2.30. The number of imide groups is 1. The molecule has 7 nitrogen and oxygen atoms in total. The SMILES string of the molecule is CC[C@@H](C)NC(=O)COC(=O)c1ccc(N2C(=O)CCC2=O)cc1. The summed E-state index contributed by atoms with van der Waals surface area (Å²) in [6.45, 7) is 3.45. The second-order valence-electron chi connectivity index (χ2n) is 5.62. The van der Waals surface area contributed by atoms with Gasteiger partial charge in [-0.1, -0.05) is 6.92 Å². The van der Waals surface area contributed by atoms with Crippen molar-refractivity contribution in [2.45, 2.75) is 39.2 Å². The summed E-state index contributed by atoms with van der Waals surface area (Å²) in [6, 6.07) is 5.96.